The third-order valence-corrected chi connectivity index (χ3v) is 3.22. The molecule has 1 heterocycles. The molecule has 1 atom stereocenters. The number of nitrogens with zero attached hydrogens (tertiary/aromatic N) is 2. The Labute approximate surface area is 112 Å². The Morgan fingerprint density at radius 1 is 1.68 bits per heavy atom. The van der Waals surface area contributed by atoms with Crippen LogP contribution in [0, 0.1) is 0 Å². The van der Waals surface area contributed by atoms with Crippen LogP contribution in [-0.4, -0.2) is 53.9 Å². The van der Waals surface area contributed by atoms with E-state index in [4.69, 9.17) is 10.5 Å². The van der Waals surface area contributed by atoms with Gasteiger partial charge in [0.1, 0.15) is 5.69 Å². The molecule has 0 aliphatic heterocycles. The number of nitrogen functional groups attached to an aromatic ring is 1. The number of nitrogens with two attached hydrogens (primary N) is 1. The molecule has 3 N–H and O–H groups in total. The zero-order valence-electron chi connectivity index (χ0n) is 11.4. The van der Waals surface area contributed by atoms with E-state index in [1.807, 2.05) is 10.8 Å². The summed E-state index contributed by atoms with van der Waals surface area (Å²) in [5.41, 5.74) is 6.96. The van der Waals surface area contributed by atoms with Crippen LogP contribution in [0.4, 0.5) is 5.69 Å². The first-order valence-electron chi connectivity index (χ1n) is 6.42. The highest BCUT2D eigenvalue weighted by molar-refractivity contribution is 5.93. The largest absolute Gasteiger partial charge is 0.397 e. The molecule has 1 amide bonds. The van der Waals surface area contributed by atoms with Crippen LogP contribution < -0.4 is 5.73 Å². The molecule has 0 saturated heterocycles. The average molecular weight is 267 g/mol. The van der Waals surface area contributed by atoms with Gasteiger partial charge in [0.05, 0.1) is 18.4 Å². The third-order valence-electron chi connectivity index (χ3n) is 3.22. The highest BCUT2D eigenvalue weighted by Crippen LogP contribution is 2.37. The fourth-order valence-corrected chi connectivity index (χ4v) is 2.17. The van der Waals surface area contributed by atoms with E-state index in [-0.39, 0.29) is 19.1 Å². The molecule has 1 aliphatic rings. The first-order chi connectivity index (χ1) is 9.02. The Kier molecular flexibility index (Phi) is 4.11. The number of carbonyl (C=O) groups is 1. The van der Waals surface area contributed by atoms with Crippen molar-refractivity contribution in [2.45, 2.75) is 25.0 Å². The molecule has 6 nitrogen and oxygen atoms in total. The summed E-state index contributed by atoms with van der Waals surface area (Å²) in [4.78, 5) is 13.8. The standard InChI is InChI=1S/C13H21N3O3/c1-15(7-11(17)8-19-2)13(18)12-5-9(14)6-16(12)10-3-4-10/h5-6,10-11,17H,3-4,7-8,14H2,1-2H3. The summed E-state index contributed by atoms with van der Waals surface area (Å²) in [6.45, 7) is 0.450. The number of ether oxygens (including phenoxy) is 1. The van der Waals surface area contributed by atoms with Gasteiger partial charge in [0.2, 0.25) is 0 Å². The van der Waals surface area contributed by atoms with E-state index in [9.17, 15) is 9.90 Å². The van der Waals surface area contributed by atoms with E-state index < -0.39 is 6.10 Å². The van der Waals surface area contributed by atoms with Crippen molar-refractivity contribution in [1.29, 1.82) is 0 Å². The number of aliphatic hydroxyl groups is 1. The number of likely N-dealkylation sites (N-methyl/N-ethyl adjacent to an activating group) is 1. The Morgan fingerprint density at radius 2 is 2.37 bits per heavy atom. The lowest BCUT2D eigenvalue weighted by atomic mass is 10.3. The van der Waals surface area contributed by atoms with Gasteiger partial charge in [-0.25, -0.2) is 0 Å². The van der Waals surface area contributed by atoms with Crippen molar-refractivity contribution in [3.63, 3.8) is 0 Å². The second-order valence-corrected chi connectivity index (χ2v) is 5.09. The van der Waals surface area contributed by atoms with Crippen molar-refractivity contribution >= 4 is 11.6 Å². The van der Waals surface area contributed by atoms with Crippen LogP contribution in [0.5, 0.6) is 0 Å². The molecular formula is C13H21N3O3. The summed E-state index contributed by atoms with van der Waals surface area (Å²) >= 11 is 0. The van der Waals surface area contributed by atoms with Gasteiger partial charge in [0.15, 0.2) is 0 Å². The lowest BCUT2D eigenvalue weighted by molar-refractivity contribution is 0.0376. The summed E-state index contributed by atoms with van der Waals surface area (Å²) in [5, 5.41) is 9.66. The van der Waals surface area contributed by atoms with Crippen molar-refractivity contribution < 1.29 is 14.6 Å². The van der Waals surface area contributed by atoms with Gasteiger partial charge in [-0.15, -0.1) is 0 Å². The van der Waals surface area contributed by atoms with Crippen molar-refractivity contribution in [1.82, 2.24) is 9.47 Å². The molecule has 6 heteroatoms. The highest BCUT2D eigenvalue weighted by atomic mass is 16.5. The van der Waals surface area contributed by atoms with Gasteiger partial charge in [-0.3, -0.25) is 4.79 Å². The molecule has 1 aromatic heterocycles. The Bertz CT molecular complexity index is 454. The number of methoxy groups -OCH3 is 1. The highest BCUT2D eigenvalue weighted by Gasteiger charge is 2.29. The van der Waals surface area contributed by atoms with Crippen molar-refractivity contribution in [2.24, 2.45) is 0 Å². The van der Waals surface area contributed by atoms with Crippen LogP contribution in [0.3, 0.4) is 0 Å². The molecule has 106 valence electrons. The van der Waals surface area contributed by atoms with Gasteiger partial charge in [-0.1, -0.05) is 0 Å². The molecule has 1 aromatic rings. The number of hydrogen-bond acceptors (Lipinski definition) is 4. The smallest absolute Gasteiger partial charge is 0.270 e. The number of anilines is 1. The molecule has 1 saturated carbocycles. The molecule has 1 aliphatic carbocycles. The molecule has 2 rings (SSSR count). The van der Waals surface area contributed by atoms with Crippen LogP contribution >= 0.6 is 0 Å². The van der Waals surface area contributed by atoms with Crippen molar-refractivity contribution in [3.05, 3.63) is 18.0 Å². The quantitative estimate of drug-likeness (QED) is 0.786. The summed E-state index contributed by atoms with van der Waals surface area (Å²) in [6, 6.07) is 2.09. The topological polar surface area (TPSA) is 80.7 Å². The fraction of sp³-hybridized carbons (Fsp3) is 0.615. The van der Waals surface area contributed by atoms with Gasteiger partial charge in [-0.05, 0) is 18.9 Å². The van der Waals surface area contributed by atoms with Gasteiger partial charge in [-0.2, -0.15) is 0 Å². The van der Waals surface area contributed by atoms with Gasteiger partial charge in [0, 0.05) is 32.9 Å². The predicted molar refractivity (Wildman–Crippen MR) is 72.0 cm³/mol. The maximum absolute atomic E-state index is 12.3. The van der Waals surface area contributed by atoms with Gasteiger partial charge < -0.3 is 25.0 Å². The Balaban J connectivity index is 2.06. The second kappa shape index (κ2) is 5.63. The molecule has 0 spiro atoms. The van der Waals surface area contributed by atoms with E-state index in [0.717, 1.165) is 12.8 Å². The molecule has 1 fully saturated rings. The zero-order valence-corrected chi connectivity index (χ0v) is 11.4. The average Bonchev–Trinajstić information content (AvgIpc) is 3.12. The number of aliphatic hydroxyl groups excluding tert-OH is 1. The third kappa shape index (κ3) is 3.27. The van der Waals surface area contributed by atoms with E-state index in [1.54, 1.807) is 13.1 Å². The molecular weight excluding hydrogens is 246 g/mol. The molecule has 0 bridgehead atoms. The Hall–Kier alpha value is -1.53. The van der Waals surface area contributed by atoms with Crippen LogP contribution in [0.15, 0.2) is 12.3 Å². The summed E-state index contributed by atoms with van der Waals surface area (Å²) < 4.78 is 6.79. The van der Waals surface area contributed by atoms with E-state index in [2.05, 4.69) is 0 Å². The van der Waals surface area contributed by atoms with Crippen LogP contribution in [-0.2, 0) is 4.74 Å². The molecule has 0 aromatic carbocycles. The van der Waals surface area contributed by atoms with E-state index >= 15 is 0 Å². The normalized spacial score (nSPS) is 16.4. The van der Waals surface area contributed by atoms with Crippen molar-refractivity contribution in [2.75, 3.05) is 33.0 Å². The molecule has 19 heavy (non-hydrogen) atoms. The summed E-state index contributed by atoms with van der Waals surface area (Å²) in [6.07, 6.45) is 3.31. The first-order valence-corrected chi connectivity index (χ1v) is 6.42. The summed E-state index contributed by atoms with van der Waals surface area (Å²) in [5.74, 6) is -0.126. The monoisotopic (exact) mass is 267 g/mol. The fourth-order valence-electron chi connectivity index (χ4n) is 2.17. The Morgan fingerprint density at radius 3 is 2.95 bits per heavy atom. The maximum Gasteiger partial charge on any atom is 0.270 e. The number of rotatable bonds is 6. The minimum Gasteiger partial charge on any atom is -0.397 e. The van der Waals surface area contributed by atoms with E-state index in [0.29, 0.717) is 17.4 Å². The van der Waals surface area contributed by atoms with Crippen LogP contribution in [0.1, 0.15) is 29.4 Å². The number of carbonyl (C=O) groups excluding carboxylic acids is 1. The zero-order chi connectivity index (χ0) is 14.0. The van der Waals surface area contributed by atoms with Crippen molar-refractivity contribution in [3.8, 4) is 0 Å². The first kappa shape index (κ1) is 13.9. The number of amides is 1. The minimum atomic E-state index is -0.680. The van der Waals surface area contributed by atoms with Crippen LogP contribution in [0.25, 0.3) is 0 Å². The van der Waals surface area contributed by atoms with E-state index in [1.165, 1.54) is 12.0 Å². The number of hydrogen-bond donors (Lipinski definition) is 2. The molecule has 1 unspecified atom stereocenters. The van der Waals surface area contributed by atoms with Crippen LogP contribution in [0.2, 0.25) is 0 Å². The minimum absolute atomic E-state index is 0.126. The van der Waals surface area contributed by atoms with Gasteiger partial charge >= 0.3 is 0 Å². The predicted octanol–water partition coefficient (Wildman–Crippen LogP) is 0.484. The summed E-state index contributed by atoms with van der Waals surface area (Å²) in [7, 11) is 3.19. The lowest BCUT2D eigenvalue weighted by Gasteiger charge is -2.21. The SMILES string of the molecule is COCC(O)CN(C)C(=O)c1cc(N)cn1C1CC1. The lowest BCUT2D eigenvalue weighted by Crippen LogP contribution is -2.37. The van der Waals surface area contributed by atoms with Gasteiger partial charge in [0.25, 0.3) is 5.91 Å². The second-order valence-electron chi connectivity index (χ2n) is 5.09. The maximum atomic E-state index is 12.3. The number of aromatic nitrogens is 1. The molecule has 0 radical (unpaired) electrons.